The third kappa shape index (κ3) is 6.13. The van der Waals surface area contributed by atoms with Crippen LogP contribution in [-0.2, 0) is 10.0 Å². The van der Waals surface area contributed by atoms with Gasteiger partial charge in [0.2, 0.25) is 10.0 Å². The van der Waals surface area contributed by atoms with E-state index in [0.29, 0.717) is 0 Å². The molecular weight excluding hydrogens is 286 g/mol. The van der Waals surface area contributed by atoms with Gasteiger partial charge in [0, 0.05) is 19.1 Å². The van der Waals surface area contributed by atoms with Gasteiger partial charge in [-0.3, -0.25) is 0 Å². The highest BCUT2D eigenvalue weighted by molar-refractivity contribution is 7.89. The molecule has 120 valence electrons. The molecule has 0 aliphatic carbocycles. The quantitative estimate of drug-likeness (QED) is 0.801. The fourth-order valence-electron chi connectivity index (χ4n) is 2.42. The number of primary sulfonamides is 1. The Labute approximate surface area is 128 Å². The Morgan fingerprint density at radius 1 is 1.33 bits per heavy atom. The lowest BCUT2D eigenvalue weighted by atomic mass is 9.92. The minimum Gasteiger partial charge on any atom is -0.310 e. The maximum Gasteiger partial charge on any atom is 0.238 e. The van der Waals surface area contributed by atoms with Gasteiger partial charge in [0.15, 0.2) is 0 Å². The van der Waals surface area contributed by atoms with E-state index in [1.54, 1.807) is 12.1 Å². The van der Waals surface area contributed by atoms with Gasteiger partial charge in [-0.05, 0) is 44.1 Å². The van der Waals surface area contributed by atoms with Crippen LogP contribution in [0.25, 0.3) is 0 Å². The van der Waals surface area contributed by atoms with Crippen LogP contribution in [0.15, 0.2) is 29.2 Å². The van der Waals surface area contributed by atoms with Gasteiger partial charge in [0.1, 0.15) is 0 Å². The van der Waals surface area contributed by atoms with Gasteiger partial charge in [0.05, 0.1) is 4.90 Å². The van der Waals surface area contributed by atoms with Gasteiger partial charge in [0.25, 0.3) is 0 Å². The summed E-state index contributed by atoms with van der Waals surface area (Å²) in [6.45, 7) is 8.24. The highest BCUT2D eigenvalue weighted by Gasteiger charge is 2.20. The molecule has 0 aromatic heterocycles. The van der Waals surface area contributed by atoms with Gasteiger partial charge >= 0.3 is 0 Å². The molecule has 0 amide bonds. The second-order valence-electron chi connectivity index (χ2n) is 6.62. The van der Waals surface area contributed by atoms with E-state index >= 15 is 0 Å². The Hall–Kier alpha value is -0.950. The molecule has 0 bridgehead atoms. The van der Waals surface area contributed by atoms with Crippen molar-refractivity contribution in [3.8, 4) is 0 Å². The van der Waals surface area contributed by atoms with Crippen LogP contribution in [0.1, 0.15) is 32.4 Å². The number of nitrogens with zero attached hydrogens (tertiary/aromatic N) is 1. The number of benzene rings is 1. The fraction of sp³-hybridized carbons (Fsp3) is 0.600. The van der Waals surface area contributed by atoms with Crippen LogP contribution in [0.4, 0.5) is 0 Å². The molecule has 1 aromatic carbocycles. The van der Waals surface area contributed by atoms with Gasteiger partial charge in [-0.25, -0.2) is 13.6 Å². The first kappa shape index (κ1) is 18.1. The lowest BCUT2D eigenvalue weighted by Gasteiger charge is -2.30. The summed E-state index contributed by atoms with van der Waals surface area (Å²) in [6, 6.07) is 6.84. The zero-order valence-electron chi connectivity index (χ0n) is 13.6. The largest absolute Gasteiger partial charge is 0.310 e. The van der Waals surface area contributed by atoms with Crippen molar-refractivity contribution in [3.63, 3.8) is 0 Å². The van der Waals surface area contributed by atoms with E-state index in [1.807, 2.05) is 13.0 Å². The summed E-state index contributed by atoms with van der Waals surface area (Å²) < 4.78 is 22.8. The second-order valence-corrected chi connectivity index (χ2v) is 8.18. The molecule has 0 saturated carbocycles. The molecule has 0 radical (unpaired) electrons. The number of nitrogens with two attached hydrogens (primary N) is 1. The van der Waals surface area contributed by atoms with Crippen molar-refractivity contribution in [1.82, 2.24) is 10.2 Å². The Morgan fingerprint density at radius 2 is 1.95 bits per heavy atom. The van der Waals surface area contributed by atoms with E-state index in [2.05, 4.69) is 38.2 Å². The molecule has 1 atom stereocenters. The monoisotopic (exact) mass is 313 g/mol. The van der Waals surface area contributed by atoms with Gasteiger partial charge in [-0.1, -0.05) is 26.0 Å². The zero-order valence-corrected chi connectivity index (χ0v) is 14.4. The Bertz CT molecular complexity index is 568. The van der Waals surface area contributed by atoms with Gasteiger partial charge in [-0.15, -0.1) is 0 Å². The molecule has 0 spiro atoms. The molecular formula is C15H27N3O2S. The fourth-order valence-corrected chi connectivity index (χ4v) is 2.99. The van der Waals surface area contributed by atoms with Crippen LogP contribution < -0.4 is 10.5 Å². The summed E-state index contributed by atoms with van der Waals surface area (Å²) in [6.07, 6.45) is 0. The summed E-state index contributed by atoms with van der Waals surface area (Å²) in [5, 5.41) is 8.63. The van der Waals surface area contributed by atoms with Crippen molar-refractivity contribution in [2.24, 2.45) is 10.6 Å². The van der Waals surface area contributed by atoms with Crippen LogP contribution >= 0.6 is 0 Å². The highest BCUT2D eigenvalue weighted by atomic mass is 32.2. The molecule has 1 aromatic rings. The number of nitrogens with one attached hydrogen (secondary N) is 1. The molecule has 1 unspecified atom stereocenters. The van der Waals surface area contributed by atoms with Crippen LogP contribution in [0, 0.1) is 5.41 Å². The molecule has 0 saturated heterocycles. The Morgan fingerprint density at radius 3 is 2.48 bits per heavy atom. The summed E-state index contributed by atoms with van der Waals surface area (Å²) in [7, 11) is 0.460. The first-order valence-corrected chi connectivity index (χ1v) is 8.57. The van der Waals surface area contributed by atoms with Crippen LogP contribution in [0.2, 0.25) is 0 Å². The van der Waals surface area contributed by atoms with Crippen molar-refractivity contribution in [2.45, 2.75) is 31.7 Å². The minimum atomic E-state index is -3.65. The van der Waals surface area contributed by atoms with Crippen molar-refractivity contribution < 1.29 is 8.42 Å². The average molecular weight is 313 g/mol. The van der Waals surface area contributed by atoms with Gasteiger partial charge < -0.3 is 10.2 Å². The first-order valence-electron chi connectivity index (χ1n) is 7.02. The van der Waals surface area contributed by atoms with Crippen LogP contribution in [0.5, 0.6) is 0 Å². The summed E-state index contributed by atoms with van der Waals surface area (Å²) in [4.78, 5) is 2.31. The maximum atomic E-state index is 11.4. The van der Waals surface area contributed by atoms with Crippen molar-refractivity contribution >= 4 is 10.0 Å². The van der Waals surface area contributed by atoms with E-state index in [1.165, 1.54) is 6.07 Å². The Kier molecular flexibility index (Phi) is 5.92. The summed E-state index contributed by atoms with van der Waals surface area (Å²) in [5.74, 6) is 0. The van der Waals surface area contributed by atoms with Crippen molar-refractivity contribution in [1.29, 1.82) is 0 Å². The van der Waals surface area contributed by atoms with Crippen molar-refractivity contribution in [3.05, 3.63) is 29.8 Å². The predicted octanol–water partition coefficient (Wildman–Crippen LogP) is 1.57. The zero-order chi connectivity index (χ0) is 16.3. The molecule has 21 heavy (non-hydrogen) atoms. The predicted molar refractivity (Wildman–Crippen MR) is 86.6 cm³/mol. The topological polar surface area (TPSA) is 75.4 Å². The molecule has 0 heterocycles. The molecule has 0 aliphatic rings. The third-order valence-electron chi connectivity index (χ3n) is 3.32. The molecule has 1 rings (SSSR count). The first-order chi connectivity index (χ1) is 9.51. The SMILES string of the molecule is CC(NCC(C)(C)CN(C)C)c1cccc(S(N)(=O)=O)c1. The average Bonchev–Trinajstić information content (AvgIpc) is 2.33. The Balaban J connectivity index is 2.75. The number of hydrogen-bond acceptors (Lipinski definition) is 4. The lowest BCUT2D eigenvalue weighted by molar-refractivity contribution is 0.227. The standard InChI is InChI=1S/C15H27N3O2S/c1-12(17-10-15(2,3)11-18(4)5)13-7-6-8-14(9-13)21(16,19)20/h6-9,12,17H,10-11H2,1-5H3,(H2,16,19,20). The van der Waals surface area contributed by atoms with Gasteiger partial charge in [-0.2, -0.15) is 0 Å². The molecule has 6 heteroatoms. The molecule has 5 nitrogen and oxygen atoms in total. The van der Waals surface area contributed by atoms with E-state index in [-0.39, 0.29) is 16.4 Å². The van der Waals surface area contributed by atoms with E-state index in [0.717, 1.165) is 18.7 Å². The summed E-state index contributed by atoms with van der Waals surface area (Å²) >= 11 is 0. The number of rotatable bonds is 7. The number of hydrogen-bond donors (Lipinski definition) is 2. The van der Waals surface area contributed by atoms with Crippen LogP contribution in [0.3, 0.4) is 0 Å². The smallest absolute Gasteiger partial charge is 0.238 e. The van der Waals surface area contributed by atoms with Crippen LogP contribution in [-0.4, -0.2) is 40.5 Å². The normalized spacial score (nSPS) is 14.4. The molecule has 0 aliphatic heterocycles. The lowest BCUT2D eigenvalue weighted by Crippen LogP contribution is -2.38. The van der Waals surface area contributed by atoms with Crippen molar-refractivity contribution in [2.75, 3.05) is 27.2 Å². The highest BCUT2D eigenvalue weighted by Crippen LogP contribution is 2.20. The maximum absolute atomic E-state index is 11.4. The minimum absolute atomic E-state index is 0.0631. The number of sulfonamides is 1. The third-order valence-corrected chi connectivity index (χ3v) is 4.23. The molecule has 0 fully saturated rings. The molecule has 3 N–H and O–H groups in total. The van der Waals surface area contributed by atoms with E-state index < -0.39 is 10.0 Å². The van der Waals surface area contributed by atoms with E-state index in [4.69, 9.17) is 5.14 Å². The second kappa shape index (κ2) is 6.87. The summed E-state index contributed by atoms with van der Waals surface area (Å²) in [5.41, 5.74) is 1.05. The van der Waals surface area contributed by atoms with E-state index in [9.17, 15) is 8.42 Å².